The lowest BCUT2D eigenvalue weighted by atomic mass is 10.1. The number of ether oxygens (including phenoxy) is 1. The van der Waals surface area contributed by atoms with E-state index in [2.05, 4.69) is 16.5 Å². The maximum absolute atomic E-state index is 11.9. The van der Waals surface area contributed by atoms with Crippen LogP contribution in [0.25, 0.3) is 5.69 Å². The van der Waals surface area contributed by atoms with Gasteiger partial charge in [-0.2, -0.15) is 4.68 Å². The molecule has 1 N–H and O–H groups in total. The molecule has 0 bridgehead atoms. The van der Waals surface area contributed by atoms with Gasteiger partial charge in [0.2, 0.25) is 4.77 Å². The lowest BCUT2D eigenvalue weighted by Gasteiger charge is -2.21. The van der Waals surface area contributed by atoms with E-state index in [4.69, 9.17) is 17.0 Å². The minimum Gasteiger partial charge on any atom is -0.468 e. The average molecular weight is 363 g/mol. The smallest absolute Gasteiger partial charge is 0.323 e. The Morgan fingerprint density at radius 2 is 2.16 bits per heavy atom. The minimum atomic E-state index is -0.576. The standard InChI is InChI=1S/C16H21N5O3S/c1-10-4-5-13(11(2)6-10)21-16(25)20(17-18-21)9-19-8-12(22)7-14(19)15(23)24-3/h4-6,12,14,22H,7-9H2,1-3H3/t12-,14-/m0/s1. The molecule has 2 atom stereocenters. The average Bonchev–Trinajstić information content (AvgIpc) is 3.11. The third-order valence-corrected chi connectivity index (χ3v) is 4.77. The number of hydrogen-bond acceptors (Lipinski definition) is 7. The molecule has 0 radical (unpaired) electrons. The second-order valence-electron chi connectivity index (χ2n) is 6.30. The van der Waals surface area contributed by atoms with Crippen molar-refractivity contribution in [2.75, 3.05) is 13.7 Å². The lowest BCUT2D eigenvalue weighted by molar-refractivity contribution is -0.146. The number of carbonyl (C=O) groups excluding carboxylic acids is 1. The largest absolute Gasteiger partial charge is 0.468 e. The number of likely N-dealkylation sites (tertiary alicyclic amines) is 1. The first-order chi connectivity index (χ1) is 11.9. The van der Waals surface area contributed by atoms with Crippen molar-refractivity contribution in [3.8, 4) is 5.69 Å². The Morgan fingerprint density at radius 1 is 1.40 bits per heavy atom. The van der Waals surface area contributed by atoms with Crippen LogP contribution in [0, 0.1) is 18.6 Å². The normalized spacial score (nSPS) is 20.8. The van der Waals surface area contributed by atoms with Crippen molar-refractivity contribution in [2.24, 2.45) is 0 Å². The summed E-state index contributed by atoms with van der Waals surface area (Å²) < 4.78 is 8.39. The van der Waals surface area contributed by atoms with Gasteiger partial charge in [0.1, 0.15) is 6.04 Å². The molecule has 0 saturated carbocycles. The first-order valence-corrected chi connectivity index (χ1v) is 8.42. The topological polar surface area (TPSA) is 85.4 Å². The summed E-state index contributed by atoms with van der Waals surface area (Å²) >= 11 is 5.49. The Kier molecular flexibility index (Phi) is 4.98. The molecule has 1 aliphatic heterocycles. The lowest BCUT2D eigenvalue weighted by Crippen LogP contribution is -2.38. The van der Waals surface area contributed by atoms with Gasteiger partial charge in [-0.3, -0.25) is 9.69 Å². The number of rotatable bonds is 4. The third kappa shape index (κ3) is 3.48. The van der Waals surface area contributed by atoms with Crippen LogP contribution in [0.15, 0.2) is 18.2 Å². The fourth-order valence-electron chi connectivity index (χ4n) is 3.15. The van der Waals surface area contributed by atoms with Gasteiger partial charge in [0.05, 0.1) is 25.6 Å². The molecule has 2 aromatic rings. The number of esters is 1. The van der Waals surface area contributed by atoms with E-state index in [-0.39, 0.29) is 12.6 Å². The Balaban J connectivity index is 1.86. The highest BCUT2D eigenvalue weighted by Crippen LogP contribution is 2.20. The van der Waals surface area contributed by atoms with E-state index in [9.17, 15) is 9.90 Å². The molecule has 1 aromatic carbocycles. The van der Waals surface area contributed by atoms with Crippen molar-refractivity contribution in [2.45, 2.75) is 39.1 Å². The third-order valence-electron chi connectivity index (χ3n) is 4.39. The Hall–Kier alpha value is -2.10. The van der Waals surface area contributed by atoms with Crippen LogP contribution < -0.4 is 0 Å². The zero-order valence-corrected chi connectivity index (χ0v) is 15.2. The van der Waals surface area contributed by atoms with Gasteiger partial charge in [0.15, 0.2) is 0 Å². The summed E-state index contributed by atoms with van der Waals surface area (Å²) in [4.78, 5) is 13.7. The van der Waals surface area contributed by atoms with Gasteiger partial charge in [-0.15, -0.1) is 0 Å². The van der Waals surface area contributed by atoms with E-state index in [1.807, 2.05) is 26.0 Å². The predicted octanol–water partition coefficient (Wildman–Crippen LogP) is 0.981. The van der Waals surface area contributed by atoms with E-state index in [0.717, 1.165) is 16.8 Å². The molecule has 9 heteroatoms. The van der Waals surface area contributed by atoms with Gasteiger partial charge in [-0.25, -0.2) is 4.68 Å². The second-order valence-corrected chi connectivity index (χ2v) is 6.67. The summed E-state index contributed by atoms with van der Waals surface area (Å²) in [5.41, 5.74) is 3.08. The molecule has 0 unspecified atom stereocenters. The van der Waals surface area contributed by atoms with Crippen LogP contribution >= 0.6 is 12.2 Å². The molecule has 3 rings (SSSR count). The highest BCUT2D eigenvalue weighted by atomic mass is 32.1. The first kappa shape index (κ1) is 17.7. The second kappa shape index (κ2) is 7.03. The zero-order chi connectivity index (χ0) is 18.1. The van der Waals surface area contributed by atoms with Gasteiger partial charge in [-0.1, -0.05) is 17.7 Å². The van der Waals surface area contributed by atoms with Crippen molar-refractivity contribution < 1.29 is 14.6 Å². The molecule has 1 fully saturated rings. The Bertz CT molecular complexity index is 847. The predicted molar refractivity (Wildman–Crippen MR) is 92.8 cm³/mol. The molecule has 0 amide bonds. The SMILES string of the molecule is COC(=O)[C@@H]1C[C@H](O)CN1Cn1nnn(-c2ccc(C)cc2C)c1=S. The highest BCUT2D eigenvalue weighted by molar-refractivity contribution is 7.71. The molecule has 0 spiro atoms. The van der Waals surface area contributed by atoms with Gasteiger partial charge >= 0.3 is 5.97 Å². The molecular formula is C16H21N5O3S. The molecule has 2 heterocycles. The van der Waals surface area contributed by atoms with E-state index < -0.39 is 12.1 Å². The molecule has 134 valence electrons. The van der Waals surface area contributed by atoms with Gasteiger partial charge < -0.3 is 9.84 Å². The number of hydrogen-bond donors (Lipinski definition) is 1. The zero-order valence-electron chi connectivity index (χ0n) is 14.4. The summed E-state index contributed by atoms with van der Waals surface area (Å²) in [6, 6.07) is 5.50. The highest BCUT2D eigenvalue weighted by Gasteiger charge is 2.37. The quantitative estimate of drug-likeness (QED) is 0.640. The number of aromatic nitrogens is 4. The number of aryl methyl sites for hydroxylation is 2. The molecule has 8 nitrogen and oxygen atoms in total. The maximum Gasteiger partial charge on any atom is 0.323 e. The maximum atomic E-state index is 11.9. The van der Waals surface area contributed by atoms with Crippen LogP contribution in [0.5, 0.6) is 0 Å². The molecule has 1 aliphatic rings. The molecular weight excluding hydrogens is 342 g/mol. The number of aliphatic hydroxyl groups is 1. The monoisotopic (exact) mass is 363 g/mol. The van der Waals surface area contributed by atoms with E-state index >= 15 is 0 Å². The van der Waals surface area contributed by atoms with E-state index in [1.165, 1.54) is 7.11 Å². The van der Waals surface area contributed by atoms with Gasteiger partial charge in [0.25, 0.3) is 0 Å². The Morgan fingerprint density at radius 3 is 2.84 bits per heavy atom. The van der Waals surface area contributed by atoms with Crippen LogP contribution in [-0.4, -0.2) is 61.6 Å². The van der Waals surface area contributed by atoms with Crippen LogP contribution in [0.2, 0.25) is 0 Å². The van der Waals surface area contributed by atoms with Crippen LogP contribution in [0.3, 0.4) is 0 Å². The van der Waals surface area contributed by atoms with Crippen molar-refractivity contribution in [1.82, 2.24) is 24.7 Å². The fraction of sp³-hybridized carbons (Fsp3) is 0.500. The number of nitrogens with zero attached hydrogens (tertiary/aromatic N) is 5. The number of β-amino-alcohol motifs (C(OH)–C–C–N with tert-alkyl or cyclic N) is 1. The van der Waals surface area contributed by atoms with Gasteiger partial charge in [-0.05, 0) is 48.1 Å². The van der Waals surface area contributed by atoms with Crippen LogP contribution in [-0.2, 0) is 16.2 Å². The van der Waals surface area contributed by atoms with E-state index in [1.54, 1.807) is 14.3 Å². The fourth-order valence-corrected chi connectivity index (χ4v) is 3.38. The van der Waals surface area contributed by atoms with Gasteiger partial charge in [0, 0.05) is 13.0 Å². The van der Waals surface area contributed by atoms with Crippen molar-refractivity contribution in [3.05, 3.63) is 34.1 Å². The van der Waals surface area contributed by atoms with E-state index in [0.29, 0.717) is 17.7 Å². The number of aliphatic hydroxyl groups excluding tert-OH is 1. The molecule has 1 aromatic heterocycles. The first-order valence-electron chi connectivity index (χ1n) is 8.01. The molecule has 0 aliphatic carbocycles. The molecule has 25 heavy (non-hydrogen) atoms. The van der Waals surface area contributed by atoms with Crippen molar-refractivity contribution >= 4 is 18.2 Å². The number of methoxy groups -OCH3 is 1. The van der Waals surface area contributed by atoms with Crippen LogP contribution in [0.1, 0.15) is 17.5 Å². The number of carbonyl (C=O) groups is 1. The Labute approximate surface area is 150 Å². The molecule has 1 saturated heterocycles. The summed E-state index contributed by atoms with van der Waals surface area (Å²) in [7, 11) is 1.34. The number of benzene rings is 1. The summed E-state index contributed by atoms with van der Waals surface area (Å²) in [6.45, 7) is 4.64. The number of tetrazole rings is 1. The minimum absolute atomic E-state index is 0.264. The summed E-state index contributed by atoms with van der Waals surface area (Å²) in [6.07, 6.45) is -0.238. The van der Waals surface area contributed by atoms with Crippen LogP contribution in [0.4, 0.5) is 0 Å². The summed E-state index contributed by atoms with van der Waals surface area (Å²) in [5, 5.41) is 18.1. The summed E-state index contributed by atoms with van der Waals surface area (Å²) in [5.74, 6) is -0.371. The van der Waals surface area contributed by atoms with Crippen molar-refractivity contribution in [3.63, 3.8) is 0 Å². The van der Waals surface area contributed by atoms with Crippen molar-refractivity contribution in [1.29, 1.82) is 0 Å².